The smallest absolute Gasteiger partial charge is 0.251 e. The summed E-state index contributed by atoms with van der Waals surface area (Å²) in [5.74, 6) is -0.213. The molecule has 0 unspecified atom stereocenters. The van der Waals surface area contributed by atoms with Gasteiger partial charge in [-0.3, -0.25) is 4.79 Å². The predicted octanol–water partition coefficient (Wildman–Crippen LogP) is 3.10. The molecule has 6 heteroatoms. The van der Waals surface area contributed by atoms with Crippen LogP contribution in [0.1, 0.15) is 40.7 Å². The Hall–Kier alpha value is -2.18. The molecule has 2 aromatic rings. The molecule has 5 nitrogen and oxygen atoms in total. The highest BCUT2D eigenvalue weighted by Crippen LogP contribution is 2.23. The Morgan fingerprint density at radius 3 is 2.35 bits per heavy atom. The normalized spacial score (nSPS) is 15.6. The van der Waals surface area contributed by atoms with Gasteiger partial charge in [0.1, 0.15) is 0 Å². The van der Waals surface area contributed by atoms with E-state index < -0.39 is 10.0 Å². The average molecular weight is 372 g/mol. The first kappa shape index (κ1) is 18.6. The van der Waals surface area contributed by atoms with Crippen LogP contribution in [0.15, 0.2) is 53.4 Å². The minimum absolute atomic E-state index is 0.177. The van der Waals surface area contributed by atoms with Crippen LogP contribution in [-0.4, -0.2) is 31.7 Å². The van der Waals surface area contributed by atoms with Crippen LogP contribution in [0.25, 0.3) is 0 Å². The Labute approximate surface area is 155 Å². The van der Waals surface area contributed by atoms with Crippen molar-refractivity contribution in [1.82, 2.24) is 9.62 Å². The topological polar surface area (TPSA) is 66.5 Å². The summed E-state index contributed by atoms with van der Waals surface area (Å²) in [6.07, 6.45) is 2.86. The summed E-state index contributed by atoms with van der Waals surface area (Å²) >= 11 is 0. The Morgan fingerprint density at radius 2 is 1.65 bits per heavy atom. The molecule has 0 aliphatic carbocycles. The second kappa shape index (κ2) is 8.01. The molecule has 1 aliphatic heterocycles. The zero-order valence-electron chi connectivity index (χ0n) is 14.9. The number of aryl methyl sites for hydroxylation is 1. The average Bonchev–Trinajstić information content (AvgIpc) is 2.67. The fraction of sp³-hybridized carbons (Fsp3) is 0.350. The number of sulfonamides is 1. The zero-order chi connectivity index (χ0) is 18.6. The first-order valence-corrected chi connectivity index (χ1v) is 10.4. The van der Waals surface area contributed by atoms with E-state index in [1.54, 1.807) is 40.7 Å². The Bertz CT molecular complexity index is 870. The third-order valence-electron chi connectivity index (χ3n) is 4.66. The van der Waals surface area contributed by atoms with Crippen LogP contribution in [0.5, 0.6) is 0 Å². The number of amides is 1. The van der Waals surface area contributed by atoms with Gasteiger partial charge in [0, 0.05) is 25.2 Å². The lowest BCUT2D eigenvalue weighted by molar-refractivity contribution is 0.0950. The van der Waals surface area contributed by atoms with Crippen LogP contribution in [0.3, 0.4) is 0 Å². The molecule has 2 aromatic carbocycles. The summed E-state index contributed by atoms with van der Waals surface area (Å²) in [4.78, 5) is 12.6. The molecule has 26 heavy (non-hydrogen) atoms. The molecular weight excluding hydrogens is 348 g/mol. The maximum atomic E-state index is 13.0. The molecule has 0 atom stereocenters. The van der Waals surface area contributed by atoms with E-state index in [1.165, 1.54) is 0 Å². The Kier molecular flexibility index (Phi) is 5.74. The van der Waals surface area contributed by atoms with Gasteiger partial charge in [0.15, 0.2) is 0 Å². The summed E-state index contributed by atoms with van der Waals surface area (Å²) in [5, 5.41) is 2.83. The third kappa shape index (κ3) is 4.14. The van der Waals surface area contributed by atoms with E-state index >= 15 is 0 Å². The highest BCUT2D eigenvalue weighted by Gasteiger charge is 2.27. The highest BCUT2D eigenvalue weighted by molar-refractivity contribution is 7.89. The van der Waals surface area contributed by atoms with Crippen molar-refractivity contribution in [3.63, 3.8) is 0 Å². The van der Waals surface area contributed by atoms with Crippen molar-refractivity contribution in [1.29, 1.82) is 0 Å². The molecule has 0 aromatic heterocycles. The quantitative estimate of drug-likeness (QED) is 0.877. The molecule has 0 bridgehead atoms. The van der Waals surface area contributed by atoms with Crippen molar-refractivity contribution in [3.05, 3.63) is 65.2 Å². The standard InChI is InChI=1S/C20H24N2O3S/c1-16-9-11-17(12-10-16)20(23)21-15-18-7-3-4-8-19(18)26(24,25)22-13-5-2-6-14-22/h3-4,7-12H,2,5-6,13-15H2,1H3,(H,21,23). The molecule has 1 heterocycles. The molecule has 0 saturated carbocycles. The molecule has 138 valence electrons. The zero-order valence-corrected chi connectivity index (χ0v) is 15.8. The number of carbonyl (C=O) groups excluding carboxylic acids is 1. The lowest BCUT2D eigenvalue weighted by Gasteiger charge is -2.26. The number of hydrogen-bond acceptors (Lipinski definition) is 3. The highest BCUT2D eigenvalue weighted by atomic mass is 32.2. The predicted molar refractivity (Wildman–Crippen MR) is 101 cm³/mol. The molecule has 1 aliphatic rings. The fourth-order valence-corrected chi connectivity index (χ4v) is 4.87. The van der Waals surface area contributed by atoms with Gasteiger partial charge in [-0.1, -0.05) is 42.3 Å². The van der Waals surface area contributed by atoms with E-state index in [-0.39, 0.29) is 17.3 Å². The van der Waals surface area contributed by atoms with Crippen molar-refractivity contribution < 1.29 is 13.2 Å². The van der Waals surface area contributed by atoms with E-state index in [0.29, 0.717) is 24.2 Å². The monoisotopic (exact) mass is 372 g/mol. The SMILES string of the molecule is Cc1ccc(C(=O)NCc2ccccc2S(=O)(=O)N2CCCCC2)cc1. The second-order valence-corrected chi connectivity index (χ2v) is 8.53. The van der Waals surface area contributed by atoms with Gasteiger partial charge in [0.05, 0.1) is 4.90 Å². The summed E-state index contributed by atoms with van der Waals surface area (Å²) in [7, 11) is -3.53. The van der Waals surface area contributed by atoms with Crippen molar-refractivity contribution in [3.8, 4) is 0 Å². The largest absolute Gasteiger partial charge is 0.348 e. The maximum Gasteiger partial charge on any atom is 0.251 e. The number of carbonyl (C=O) groups is 1. The first-order chi connectivity index (χ1) is 12.5. The summed E-state index contributed by atoms with van der Waals surface area (Å²) < 4.78 is 27.5. The van der Waals surface area contributed by atoms with E-state index in [9.17, 15) is 13.2 Å². The summed E-state index contributed by atoms with van der Waals surface area (Å²) in [5.41, 5.74) is 2.25. The number of rotatable bonds is 5. The lowest BCUT2D eigenvalue weighted by atomic mass is 10.1. The lowest BCUT2D eigenvalue weighted by Crippen LogP contribution is -2.36. The molecule has 1 saturated heterocycles. The van der Waals surface area contributed by atoms with Crippen LogP contribution in [0.2, 0.25) is 0 Å². The van der Waals surface area contributed by atoms with Crippen LogP contribution in [0.4, 0.5) is 0 Å². The molecule has 1 fully saturated rings. The Morgan fingerprint density at radius 1 is 1.00 bits per heavy atom. The third-order valence-corrected chi connectivity index (χ3v) is 6.66. The second-order valence-electron chi connectivity index (χ2n) is 6.62. The van der Waals surface area contributed by atoms with Gasteiger partial charge in [0.25, 0.3) is 5.91 Å². The first-order valence-electron chi connectivity index (χ1n) is 8.91. The Balaban J connectivity index is 1.77. The number of nitrogens with one attached hydrogen (secondary N) is 1. The minimum Gasteiger partial charge on any atom is -0.348 e. The van der Waals surface area contributed by atoms with Gasteiger partial charge in [-0.2, -0.15) is 4.31 Å². The minimum atomic E-state index is -3.53. The number of nitrogens with zero attached hydrogens (tertiary/aromatic N) is 1. The van der Waals surface area contributed by atoms with Crippen LogP contribution >= 0.6 is 0 Å². The number of hydrogen-bond donors (Lipinski definition) is 1. The van der Waals surface area contributed by atoms with Crippen LogP contribution < -0.4 is 5.32 Å². The van der Waals surface area contributed by atoms with Crippen molar-refractivity contribution >= 4 is 15.9 Å². The van der Waals surface area contributed by atoms with E-state index in [2.05, 4.69) is 5.32 Å². The van der Waals surface area contributed by atoms with Gasteiger partial charge in [-0.25, -0.2) is 8.42 Å². The van der Waals surface area contributed by atoms with Crippen LogP contribution in [-0.2, 0) is 16.6 Å². The maximum absolute atomic E-state index is 13.0. The van der Waals surface area contributed by atoms with E-state index in [0.717, 1.165) is 24.8 Å². The van der Waals surface area contributed by atoms with Gasteiger partial charge >= 0.3 is 0 Å². The molecular formula is C20H24N2O3S. The molecule has 3 rings (SSSR count). The number of benzene rings is 2. The molecule has 0 radical (unpaired) electrons. The van der Waals surface area contributed by atoms with Gasteiger partial charge in [0.2, 0.25) is 10.0 Å². The molecule has 1 N–H and O–H groups in total. The van der Waals surface area contributed by atoms with Crippen LogP contribution in [0, 0.1) is 6.92 Å². The van der Waals surface area contributed by atoms with Gasteiger partial charge in [-0.15, -0.1) is 0 Å². The van der Waals surface area contributed by atoms with Crippen molar-refractivity contribution in [2.24, 2.45) is 0 Å². The molecule has 1 amide bonds. The van der Waals surface area contributed by atoms with E-state index in [1.807, 2.05) is 19.1 Å². The van der Waals surface area contributed by atoms with Crippen molar-refractivity contribution in [2.75, 3.05) is 13.1 Å². The van der Waals surface area contributed by atoms with Crippen molar-refractivity contribution in [2.45, 2.75) is 37.6 Å². The summed E-state index contributed by atoms with van der Waals surface area (Å²) in [6.45, 7) is 3.26. The number of piperidine rings is 1. The fourth-order valence-electron chi connectivity index (χ4n) is 3.13. The summed E-state index contributed by atoms with van der Waals surface area (Å²) in [6, 6.07) is 14.2. The van der Waals surface area contributed by atoms with E-state index in [4.69, 9.17) is 0 Å². The molecule has 0 spiro atoms. The van der Waals surface area contributed by atoms with Gasteiger partial charge in [-0.05, 0) is 43.5 Å². The van der Waals surface area contributed by atoms with Gasteiger partial charge < -0.3 is 5.32 Å².